The molecule has 2 aliphatic heterocycles. The van der Waals surface area contributed by atoms with Gasteiger partial charge in [-0.15, -0.1) is 11.3 Å². The number of carboxylic acid groups (broad SMARTS) is 1. The van der Waals surface area contributed by atoms with Crippen molar-refractivity contribution in [2.45, 2.75) is 19.0 Å². The first kappa shape index (κ1) is 29.2. The van der Waals surface area contributed by atoms with Crippen molar-refractivity contribution >= 4 is 52.0 Å². The lowest BCUT2D eigenvalue weighted by atomic mass is 9.99. The Kier molecular flexibility index (Phi) is 9.35. The molecule has 1 aromatic heterocycles. The molecule has 0 unspecified atom stereocenters. The quantitative estimate of drug-likeness (QED) is 0.244. The van der Waals surface area contributed by atoms with Crippen molar-refractivity contribution in [1.29, 1.82) is 10.8 Å². The maximum absolute atomic E-state index is 12.7. The first-order chi connectivity index (χ1) is 18.3. The fourth-order valence-electron chi connectivity index (χ4n) is 3.88. The summed E-state index contributed by atoms with van der Waals surface area (Å²) in [6.07, 6.45) is 0.729. The standard InChI is InChI=1S/C23H27N7OS.C2HF3O2/c24-22(25)29-9-5-16(6-10-29)15-1-3-19(4-2-15)28-21(31)20-13-18(14-32-20)17-7-11-30(12-8-17)23(26)27;3-2(4,5)1(6)7/h1-5,7,13-14H,6,8-12H2,(H3,24,25)(H3,26,27)(H,28,31);(H,6,7). The van der Waals surface area contributed by atoms with Crippen LogP contribution in [0.3, 0.4) is 0 Å². The minimum atomic E-state index is -5.08. The summed E-state index contributed by atoms with van der Waals surface area (Å²) in [4.78, 5) is 25.9. The summed E-state index contributed by atoms with van der Waals surface area (Å²) < 4.78 is 31.7. The van der Waals surface area contributed by atoms with Gasteiger partial charge in [0.15, 0.2) is 11.9 Å². The first-order valence-corrected chi connectivity index (χ1v) is 12.6. The fraction of sp³-hybridized carbons (Fsp3) is 0.280. The molecular weight excluding hydrogens is 535 g/mol. The summed E-state index contributed by atoms with van der Waals surface area (Å²) in [5, 5.41) is 27.2. The van der Waals surface area contributed by atoms with Crippen LogP contribution in [-0.2, 0) is 4.79 Å². The van der Waals surface area contributed by atoms with Crippen LogP contribution in [0.25, 0.3) is 11.1 Å². The lowest BCUT2D eigenvalue weighted by Gasteiger charge is -2.26. The predicted molar refractivity (Wildman–Crippen MR) is 145 cm³/mol. The van der Waals surface area contributed by atoms with Crippen molar-refractivity contribution in [3.63, 3.8) is 0 Å². The summed E-state index contributed by atoms with van der Waals surface area (Å²) in [7, 11) is 0. The number of carbonyl (C=O) groups excluding carboxylic acids is 1. The highest BCUT2D eigenvalue weighted by molar-refractivity contribution is 7.12. The highest BCUT2D eigenvalue weighted by Gasteiger charge is 2.38. The Labute approximate surface area is 226 Å². The molecule has 208 valence electrons. The van der Waals surface area contributed by atoms with E-state index in [1.165, 1.54) is 22.5 Å². The molecule has 0 atom stereocenters. The van der Waals surface area contributed by atoms with Crippen LogP contribution in [0, 0.1) is 10.8 Å². The van der Waals surface area contributed by atoms with Gasteiger partial charge in [0.05, 0.1) is 4.88 Å². The summed E-state index contributed by atoms with van der Waals surface area (Å²) >= 11 is 1.43. The third-order valence-corrected chi connectivity index (χ3v) is 6.98. The van der Waals surface area contributed by atoms with E-state index >= 15 is 0 Å². The maximum Gasteiger partial charge on any atom is 0.490 e. The highest BCUT2D eigenvalue weighted by Crippen LogP contribution is 2.28. The topological polar surface area (TPSA) is 173 Å². The van der Waals surface area contributed by atoms with Crippen molar-refractivity contribution in [3.05, 3.63) is 63.9 Å². The number of carbonyl (C=O) groups is 2. The van der Waals surface area contributed by atoms with Gasteiger partial charge in [0, 0.05) is 31.9 Å². The van der Waals surface area contributed by atoms with Gasteiger partial charge in [-0.1, -0.05) is 24.3 Å². The van der Waals surface area contributed by atoms with Crippen molar-refractivity contribution in [2.75, 3.05) is 31.5 Å². The molecule has 2 aliphatic rings. The number of nitrogens with two attached hydrogens (primary N) is 2. The molecule has 1 aromatic carbocycles. The number of aliphatic carboxylic acids is 1. The largest absolute Gasteiger partial charge is 0.490 e. The van der Waals surface area contributed by atoms with Crippen LogP contribution in [-0.4, -0.2) is 71.1 Å². The van der Waals surface area contributed by atoms with Crippen molar-refractivity contribution in [2.24, 2.45) is 11.5 Å². The van der Waals surface area contributed by atoms with Gasteiger partial charge in [-0.25, -0.2) is 4.79 Å². The van der Waals surface area contributed by atoms with Crippen LogP contribution < -0.4 is 16.8 Å². The minimum Gasteiger partial charge on any atom is -0.475 e. The van der Waals surface area contributed by atoms with E-state index in [2.05, 4.69) is 17.5 Å². The number of carboxylic acids is 1. The number of guanidine groups is 2. The zero-order chi connectivity index (χ0) is 28.7. The van der Waals surface area contributed by atoms with Gasteiger partial charge in [-0.2, -0.15) is 13.2 Å². The van der Waals surface area contributed by atoms with E-state index in [9.17, 15) is 18.0 Å². The molecule has 0 bridgehead atoms. The van der Waals surface area contributed by atoms with E-state index in [-0.39, 0.29) is 17.8 Å². The van der Waals surface area contributed by atoms with E-state index in [1.54, 1.807) is 0 Å². The van der Waals surface area contributed by atoms with Crippen LogP contribution in [0.2, 0.25) is 0 Å². The van der Waals surface area contributed by atoms with E-state index in [1.807, 2.05) is 45.5 Å². The molecule has 39 heavy (non-hydrogen) atoms. The molecule has 0 saturated heterocycles. The molecular formula is C25H28F3N7O3S. The van der Waals surface area contributed by atoms with Gasteiger partial charge in [0.1, 0.15) is 0 Å². The second-order valence-electron chi connectivity index (χ2n) is 8.66. The second kappa shape index (κ2) is 12.5. The molecule has 0 radical (unpaired) electrons. The van der Waals surface area contributed by atoms with E-state index < -0.39 is 12.1 Å². The molecule has 4 rings (SSSR count). The summed E-state index contributed by atoms with van der Waals surface area (Å²) in [6.45, 7) is 2.72. The maximum atomic E-state index is 12.7. The number of halogens is 3. The Balaban J connectivity index is 0.000000532. The van der Waals surface area contributed by atoms with Crippen LogP contribution >= 0.6 is 11.3 Å². The second-order valence-corrected chi connectivity index (χ2v) is 9.57. The molecule has 0 fully saturated rings. The normalized spacial score (nSPS) is 15.4. The average Bonchev–Trinajstić information content (AvgIpc) is 3.40. The summed E-state index contributed by atoms with van der Waals surface area (Å²) in [5.74, 6) is -2.68. The van der Waals surface area contributed by atoms with Gasteiger partial charge in [-0.05, 0) is 58.7 Å². The monoisotopic (exact) mass is 563 g/mol. The van der Waals surface area contributed by atoms with Crippen LogP contribution in [0.4, 0.5) is 18.9 Å². The van der Waals surface area contributed by atoms with E-state index in [0.717, 1.165) is 36.2 Å². The number of alkyl halides is 3. The molecule has 14 heteroatoms. The van der Waals surface area contributed by atoms with Gasteiger partial charge in [0.2, 0.25) is 0 Å². The number of hydrogen-bond acceptors (Lipinski definition) is 5. The fourth-order valence-corrected chi connectivity index (χ4v) is 4.71. The number of amides is 1. The number of benzene rings is 1. The smallest absolute Gasteiger partial charge is 0.475 e. The van der Waals surface area contributed by atoms with Gasteiger partial charge < -0.3 is 31.7 Å². The van der Waals surface area contributed by atoms with Crippen molar-refractivity contribution in [1.82, 2.24) is 9.80 Å². The molecule has 8 N–H and O–H groups in total. The van der Waals surface area contributed by atoms with E-state index in [0.29, 0.717) is 24.5 Å². The SMILES string of the molecule is N=C(N)N1CC=C(c2ccc(NC(=O)c3cc(C4=CCN(C(=N)N)CC4)cs3)cc2)CC1.O=C(O)C(F)(F)F. The summed E-state index contributed by atoms with van der Waals surface area (Å²) in [6, 6.07) is 9.79. The van der Waals surface area contributed by atoms with Crippen molar-refractivity contribution < 1.29 is 27.9 Å². The number of rotatable bonds is 4. The van der Waals surface area contributed by atoms with Gasteiger partial charge in [0.25, 0.3) is 5.91 Å². The van der Waals surface area contributed by atoms with Crippen molar-refractivity contribution in [3.8, 4) is 0 Å². The number of nitrogens with one attached hydrogen (secondary N) is 3. The molecule has 3 heterocycles. The molecule has 2 aromatic rings. The number of anilines is 1. The Bertz CT molecular complexity index is 1300. The zero-order valence-corrected chi connectivity index (χ0v) is 21.5. The van der Waals surface area contributed by atoms with E-state index in [4.69, 9.17) is 32.2 Å². The Morgan fingerprint density at radius 1 is 0.923 bits per heavy atom. The number of nitrogens with zero attached hydrogens (tertiary/aromatic N) is 2. The van der Waals surface area contributed by atoms with Gasteiger partial charge >= 0.3 is 12.1 Å². The third kappa shape index (κ3) is 8.07. The third-order valence-electron chi connectivity index (χ3n) is 6.05. The lowest BCUT2D eigenvalue weighted by molar-refractivity contribution is -0.192. The van der Waals surface area contributed by atoms with Crippen LogP contribution in [0.15, 0.2) is 47.9 Å². The number of hydrogen-bond donors (Lipinski definition) is 6. The minimum absolute atomic E-state index is 0.0921. The molecule has 0 spiro atoms. The molecule has 10 nitrogen and oxygen atoms in total. The molecule has 1 amide bonds. The van der Waals surface area contributed by atoms with Crippen LogP contribution in [0.1, 0.15) is 33.6 Å². The van der Waals surface area contributed by atoms with Gasteiger partial charge in [-0.3, -0.25) is 15.6 Å². The Hall–Kier alpha value is -4.33. The zero-order valence-electron chi connectivity index (χ0n) is 20.7. The number of thiophene rings is 1. The highest BCUT2D eigenvalue weighted by atomic mass is 32.1. The van der Waals surface area contributed by atoms with Crippen LogP contribution in [0.5, 0.6) is 0 Å². The summed E-state index contributed by atoms with van der Waals surface area (Å²) in [5.41, 5.74) is 16.4. The predicted octanol–water partition coefficient (Wildman–Crippen LogP) is 3.60. The Morgan fingerprint density at radius 3 is 1.82 bits per heavy atom. The first-order valence-electron chi connectivity index (χ1n) is 11.7. The lowest BCUT2D eigenvalue weighted by Crippen LogP contribution is -2.39. The average molecular weight is 564 g/mol. The molecule has 0 aliphatic carbocycles. The molecule has 0 saturated carbocycles. The Morgan fingerprint density at radius 2 is 1.41 bits per heavy atom.